The van der Waals surface area contributed by atoms with Crippen molar-refractivity contribution in [2.45, 2.75) is 140 Å². The van der Waals surface area contributed by atoms with Gasteiger partial charge in [-0.15, -0.1) is 0 Å². The van der Waals surface area contributed by atoms with Gasteiger partial charge >= 0.3 is 12.4 Å². The third-order valence-corrected chi connectivity index (χ3v) is 16.6. The van der Waals surface area contributed by atoms with Gasteiger partial charge in [0.05, 0.1) is 35.8 Å². The van der Waals surface area contributed by atoms with Gasteiger partial charge in [-0.05, 0) is 170 Å². The molecule has 6 aromatic carbocycles. The Balaban J connectivity index is 0.000000282. The number of carbonyl (C=O) groups is 2. The number of aromatic nitrogens is 4. The molecule has 0 saturated carbocycles. The first-order valence-electron chi connectivity index (χ1n) is 43.9. The molecule has 12 nitrogen and oxygen atoms in total. The molecule has 0 aliphatic heterocycles. The average molecular weight is 1390 g/mol. The predicted octanol–water partition coefficient (Wildman–Crippen LogP) is 15.1. The molecule has 8 aromatic rings. The standard InChI is InChI=1S/2C37H40F4N4O2S/c2*1-4-43(5-2)19-20-44(22-26-9-13-28(14-10-26)29-15-18-32(25(3)21-29)37(39,40)41)34(46)23-45-33-8-6-7-31(33)35(47)42-36(45)48-24-27-11-16-30(38)17-12-27/h2*9-18,21H,4-8,19-20,22-24H2,1-3H3/i6D2,7D2,8D2,9D,10D,13D,14D,15D,18D,21D,23D2,24D2;9D,10D,13D,14D,15D,18D,21D,23D2,24D2. The maximum Gasteiger partial charge on any atom is 0.416 e. The third-order valence-electron chi connectivity index (χ3n) is 15.0. The SMILES string of the molecule is [2H]c1c([2H])c(-c2c([2H])c([2H])c(C(F)(F)F)c(C)c2[2H])c([2H])c([2H])c1CN(CCN(CC)CC)C(=O)C([2H])([2H])n1c(SC([2H])([2H])c2ccc(F)cc2)nc(=O)c2c1C([2H])([2H])C([2H])([2H])C2([2H])[2H].[2H]c1c([2H])c(-c2c([2H])c([2H])c(C(F)(F)F)c(C)c2[2H])c([2H])c([2H])c1CN(CCN(CC)CC)C(=O)C([2H])([2H])n1c(SC([2H])([2H])c2ccc(F)cc2)nc(=O)c2c1CCC2. The summed E-state index contributed by atoms with van der Waals surface area (Å²) in [6.45, 7) is 1.33. The average Bonchev–Trinajstić information content (AvgIpc) is 1.51. The van der Waals surface area contributed by atoms with E-state index in [1.165, 1.54) is 12.1 Å². The minimum Gasteiger partial charge on any atom is -0.336 e. The van der Waals surface area contributed by atoms with Crippen molar-refractivity contribution < 1.29 is 83.1 Å². The number of hydrogen-bond acceptors (Lipinski definition) is 10. The van der Waals surface area contributed by atoms with Crippen molar-refractivity contribution in [2.75, 3.05) is 52.4 Å². The van der Waals surface area contributed by atoms with Crippen LogP contribution in [0.5, 0.6) is 0 Å². The Bertz CT molecular complexity index is 5550. The Hall–Kier alpha value is -7.92. The molecule has 2 heterocycles. The Morgan fingerprint density at radius 1 is 0.531 bits per heavy atom. The monoisotopic (exact) mass is 1390 g/mol. The van der Waals surface area contributed by atoms with E-state index in [9.17, 15) is 59.8 Å². The number of amides is 2. The molecule has 0 unspecified atom stereocenters. The molecule has 2 aliphatic rings. The van der Waals surface area contributed by atoms with Crippen molar-refractivity contribution in [2.24, 2.45) is 0 Å². The predicted molar refractivity (Wildman–Crippen MR) is 363 cm³/mol. The van der Waals surface area contributed by atoms with Crippen LogP contribution >= 0.6 is 23.5 Å². The molecule has 508 valence electrons. The van der Waals surface area contributed by atoms with Gasteiger partial charge < -0.3 is 28.7 Å². The van der Waals surface area contributed by atoms with E-state index in [0.29, 0.717) is 49.3 Å². The highest BCUT2D eigenvalue weighted by molar-refractivity contribution is 7.98. The van der Waals surface area contributed by atoms with E-state index < -0.39 is 272 Å². The molecule has 0 fully saturated rings. The summed E-state index contributed by atoms with van der Waals surface area (Å²) in [4.78, 5) is 69.4. The lowest BCUT2D eigenvalue weighted by molar-refractivity contribution is -0.138. The molecule has 0 saturated heterocycles. The van der Waals surface area contributed by atoms with Crippen molar-refractivity contribution in [1.29, 1.82) is 0 Å². The molecular weight excluding hydrogens is 1280 g/mol. The highest BCUT2D eigenvalue weighted by atomic mass is 32.2. The van der Waals surface area contributed by atoms with Crippen LogP contribution in [0.2, 0.25) is 0 Å². The van der Waals surface area contributed by atoms with E-state index in [2.05, 4.69) is 9.97 Å². The summed E-state index contributed by atoms with van der Waals surface area (Å²) in [6, 6.07) is -6.11. The van der Waals surface area contributed by atoms with E-state index in [0.717, 1.165) is 59.7 Å². The zero-order chi connectivity index (χ0) is 93.6. The summed E-state index contributed by atoms with van der Waals surface area (Å²) in [5, 5.41) is -1.58. The van der Waals surface area contributed by atoms with Gasteiger partial charge in [0.25, 0.3) is 11.1 Å². The van der Waals surface area contributed by atoms with Gasteiger partial charge in [0.2, 0.25) is 11.8 Å². The van der Waals surface area contributed by atoms with Crippen LogP contribution in [-0.4, -0.2) is 103 Å². The van der Waals surface area contributed by atoms with Gasteiger partial charge in [0.15, 0.2) is 10.3 Å². The van der Waals surface area contributed by atoms with E-state index >= 15 is 0 Å². The second-order valence-corrected chi connectivity index (χ2v) is 22.8. The van der Waals surface area contributed by atoms with Gasteiger partial charge in [0, 0.05) is 86.9 Å². The molecule has 96 heavy (non-hydrogen) atoms. The first-order chi connectivity index (χ1) is 57.1. The summed E-state index contributed by atoms with van der Waals surface area (Å²) < 4.78 is 356. The number of nitrogens with zero attached hydrogens (tertiary/aromatic N) is 8. The second kappa shape index (κ2) is 32.9. The van der Waals surface area contributed by atoms with Crippen LogP contribution in [0, 0.1) is 25.5 Å². The van der Waals surface area contributed by atoms with E-state index in [4.69, 9.17) is 32.9 Å². The zero-order valence-corrected chi connectivity index (χ0v) is 54.0. The largest absolute Gasteiger partial charge is 0.416 e. The number of halogens is 8. The molecule has 2 aliphatic carbocycles. The minimum absolute atomic E-state index is 0.0368. The maximum absolute atomic E-state index is 14.9. The summed E-state index contributed by atoms with van der Waals surface area (Å²) in [7, 11) is 0. The van der Waals surface area contributed by atoms with Crippen molar-refractivity contribution >= 4 is 35.3 Å². The van der Waals surface area contributed by atoms with E-state index in [-0.39, 0.29) is 71.2 Å². The fraction of sp³-hybridized carbons (Fsp3) is 0.378. The molecule has 2 amide bonds. The number of alkyl halides is 6. The fourth-order valence-electron chi connectivity index (χ4n) is 9.74. The molecule has 0 atom stereocenters. The Labute approximate surface area is 603 Å². The van der Waals surface area contributed by atoms with Crippen LogP contribution in [0.25, 0.3) is 22.3 Å². The van der Waals surface area contributed by atoms with Gasteiger partial charge in [-0.1, -0.05) is 148 Å². The Morgan fingerprint density at radius 2 is 0.927 bits per heavy atom. The number of fused-ring (bicyclic) bond motifs is 2. The van der Waals surface area contributed by atoms with Crippen molar-refractivity contribution in [3.05, 3.63) is 232 Å². The van der Waals surface area contributed by atoms with Gasteiger partial charge in [-0.25, -0.2) is 8.78 Å². The van der Waals surface area contributed by atoms with Crippen LogP contribution in [0.15, 0.2) is 153 Å². The molecule has 2 aromatic heterocycles. The summed E-state index contributed by atoms with van der Waals surface area (Å²) >= 11 is 0.269. The smallest absolute Gasteiger partial charge is 0.336 e. The van der Waals surface area contributed by atoms with Crippen LogP contribution in [0.1, 0.15) is 146 Å². The molecule has 22 heteroatoms. The van der Waals surface area contributed by atoms with Crippen LogP contribution in [0.3, 0.4) is 0 Å². The summed E-state index contributed by atoms with van der Waals surface area (Å²) in [5.41, 5.74) is -19.2. The van der Waals surface area contributed by atoms with Crippen molar-refractivity contribution in [3.8, 4) is 22.3 Å². The molecule has 10 rings (SSSR count). The van der Waals surface area contributed by atoms with Crippen molar-refractivity contribution in [1.82, 2.24) is 38.7 Å². The first kappa shape index (κ1) is 43.4. The minimum atomic E-state index is -5.17. The van der Waals surface area contributed by atoms with Gasteiger partial charge in [0.1, 0.15) is 24.6 Å². The Morgan fingerprint density at radius 3 is 1.33 bits per heavy atom. The normalized spacial score (nSPS) is 19.2. The van der Waals surface area contributed by atoms with Crippen molar-refractivity contribution in [3.63, 3.8) is 0 Å². The van der Waals surface area contributed by atoms with Crippen LogP contribution in [-0.2, 0) is 85.0 Å². The molecule has 0 bridgehead atoms. The summed E-state index contributed by atoms with van der Waals surface area (Å²) in [5.74, 6) is -4.38. The van der Waals surface area contributed by atoms with Gasteiger partial charge in [-0.3, -0.25) is 19.2 Å². The number of rotatable bonds is 26. The second-order valence-electron chi connectivity index (χ2n) is 21.3. The fourth-order valence-corrected chi connectivity index (χ4v) is 11.2. The first-order valence-corrected chi connectivity index (χ1v) is 31.5. The molecule has 0 N–H and O–H groups in total. The van der Waals surface area contributed by atoms with E-state index in [1.807, 2.05) is 18.7 Å². The molecular formula is C74H80F8N8O4S2. The van der Waals surface area contributed by atoms with Crippen LogP contribution in [0.4, 0.5) is 35.1 Å². The number of likely N-dealkylation sites (N-methyl/N-ethyl adjacent to an activating group) is 2. The highest BCUT2D eigenvalue weighted by Gasteiger charge is 2.34. The molecule has 0 radical (unpaired) electrons. The highest BCUT2D eigenvalue weighted by Crippen LogP contribution is 2.37. The maximum atomic E-state index is 14.9. The quantitative estimate of drug-likeness (QED) is 0.0295. The van der Waals surface area contributed by atoms with Crippen LogP contribution < -0.4 is 11.1 Å². The zero-order valence-electron chi connectivity index (χ0n) is 80.4. The molecule has 0 spiro atoms. The Kier molecular flexibility index (Phi) is 14.9. The van der Waals surface area contributed by atoms with Gasteiger partial charge in [-0.2, -0.15) is 36.3 Å². The topological polar surface area (TPSA) is 117 Å². The summed E-state index contributed by atoms with van der Waals surface area (Å²) in [6.07, 6.45) is -20.4. The lowest BCUT2D eigenvalue weighted by Gasteiger charge is -2.28. The van der Waals surface area contributed by atoms with E-state index in [1.54, 1.807) is 18.7 Å². The number of thioether (sulfide) groups is 2. The lowest BCUT2D eigenvalue weighted by Crippen LogP contribution is -2.40. The number of benzene rings is 6. The third kappa shape index (κ3) is 18.8. The number of hydrogen-bond donors (Lipinski definition) is 0. The lowest BCUT2D eigenvalue weighted by atomic mass is 9.98. The number of carbonyl (C=O) groups excluding carboxylic acids is 2.